The Morgan fingerprint density at radius 3 is 2.92 bits per heavy atom. The highest BCUT2D eigenvalue weighted by atomic mass is 16.3. The summed E-state index contributed by atoms with van der Waals surface area (Å²) in [5.41, 5.74) is 1.27. The third-order valence-electron chi connectivity index (χ3n) is 2.11. The molecule has 0 unspecified atom stereocenters. The van der Waals surface area contributed by atoms with Crippen molar-refractivity contribution in [2.75, 3.05) is 6.61 Å². The van der Waals surface area contributed by atoms with Gasteiger partial charge in [-0.2, -0.15) is 0 Å². The summed E-state index contributed by atoms with van der Waals surface area (Å²) >= 11 is 0. The van der Waals surface area contributed by atoms with E-state index in [0.717, 1.165) is 13.1 Å². The Balaban J connectivity index is 2.36. The molecule has 2 N–H and O–H groups in total. The summed E-state index contributed by atoms with van der Waals surface area (Å²) in [5.74, 6) is 0. The zero-order valence-corrected chi connectivity index (χ0v) is 8.33. The molecule has 74 valence electrons. The van der Waals surface area contributed by atoms with Crippen molar-refractivity contribution < 1.29 is 5.11 Å². The van der Waals surface area contributed by atoms with Crippen molar-refractivity contribution in [3.8, 4) is 0 Å². The summed E-state index contributed by atoms with van der Waals surface area (Å²) in [6, 6.07) is 2.27. The molecule has 0 aromatic carbocycles. The summed E-state index contributed by atoms with van der Waals surface area (Å²) in [5, 5.41) is 12.0. The van der Waals surface area contributed by atoms with Crippen LogP contribution in [0.1, 0.15) is 19.4 Å². The quantitative estimate of drug-likeness (QED) is 0.712. The van der Waals surface area contributed by atoms with Gasteiger partial charge in [-0.05, 0) is 25.5 Å². The van der Waals surface area contributed by atoms with Gasteiger partial charge in [-0.1, -0.05) is 0 Å². The topological polar surface area (TPSA) is 37.2 Å². The SMILES string of the molecule is CCn1ccc(CN[C@H](C)CO)c1. The third kappa shape index (κ3) is 3.20. The van der Waals surface area contributed by atoms with Crippen LogP contribution in [0.15, 0.2) is 18.5 Å². The summed E-state index contributed by atoms with van der Waals surface area (Å²) in [6.07, 6.45) is 4.19. The molecule has 1 atom stereocenters. The molecule has 0 fully saturated rings. The molecule has 0 aliphatic carbocycles. The Bertz CT molecular complexity index is 245. The maximum atomic E-state index is 8.80. The van der Waals surface area contributed by atoms with Crippen LogP contribution >= 0.6 is 0 Å². The number of aryl methyl sites for hydroxylation is 1. The highest BCUT2D eigenvalue weighted by Gasteiger charge is 1.99. The Morgan fingerprint density at radius 1 is 1.62 bits per heavy atom. The van der Waals surface area contributed by atoms with Gasteiger partial charge in [0, 0.05) is 31.5 Å². The van der Waals surface area contributed by atoms with Crippen molar-refractivity contribution in [1.29, 1.82) is 0 Å². The molecule has 1 aromatic rings. The number of nitrogens with one attached hydrogen (secondary N) is 1. The number of rotatable bonds is 5. The van der Waals surface area contributed by atoms with E-state index in [2.05, 4.69) is 35.3 Å². The van der Waals surface area contributed by atoms with Crippen molar-refractivity contribution in [1.82, 2.24) is 9.88 Å². The van der Waals surface area contributed by atoms with Crippen molar-refractivity contribution in [3.05, 3.63) is 24.0 Å². The number of aliphatic hydroxyl groups is 1. The highest BCUT2D eigenvalue weighted by molar-refractivity contribution is 5.09. The molecule has 0 saturated carbocycles. The van der Waals surface area contributed by atoms with Gasteiger partial charge in [-0.25, -0.2) is 0 Å². The molecule has 3 heteroatoms. The lowest BCUT2D eigenvalue weighted by atomic mass is 10.3. The average Bonchev–Trinajstić information content (AvgIpc) is 2.61. The Labute approximate surface area is 79.4 Å². The highest BCUT2D eigenvalue weighted by Crippen LogP contribution is 2.00. The summed E-state index contributed by atoms with van der Waals surface area (Å²) < 4.78 is 2.14. The monoisotopic (exact) mass is 182 g/mol. The van der Waals surface area contributed by atoms with Gasteiger partial charge in [0.2, 0.25) is 0 Å². The molecule has 1 aromatic heterocycles. The molecule has 0 aliphatic heterocycles. The smallest absolute Gasteiger partial charge is 0.0582 e. The lowest BCUT2D eigenvalue weighted by molar-refractivity contribution is 0.251. The van der Waals surface area contributed by atoms with Crippen molar-refractivity contribution in [2.24, 2.45) is 0 Å². The van der Waals surface area contributed by atoms with E-state index in [9.17, 15) is 0 Å². The van der Waals surface area contributed by atoms with Crippen LogP contribution in [0.5, 0.6) is 0 Å². The number of hydrogen-bond donors (Lipinski definition) is 2. The van der Waals surface area contributed by atoms with Gasteiger partial charge < -0.3 is 15.0 Å². The van der Waals surface area contributed by atoms with Crippen LogP contribution in [-0.2, 0) is 13.1 Å². The molecule has 0 radical (unpaired) electrons. The number of aromatic nitrogens is 1. The summed E-state index contributed by atoms with van der Waals surface area (Å²) in [4.78, 5) is 0. The molecule has 13 heavy (non-hydrogen) atoms. The average molecular weight is 182 g/mol. The van der Waals surface area contributed by atoms with E-state index in [1.54, 1.807) is 0 Å². The van der Waals surface area contributed by atoms with Crippen LogP contribution < -0.4 is 5.32 Å². The van der Waals surface area contributed by atoms with Gasteiger partial charge in [0.1, 0.15) is 0 Å². The molecule has 1 heterocycles. The van der Waals surface area contributed by atoms with E-state index in [1.165, 1.54) is 5.56 Å². The first-order chi connectivity index (χ1) is 6.26. The maximum absolute atomic E-state index is 8.80. The van der Waals surface area contributed by atoms with Crippen molar-refractivity contribution >= 4 is 0 Å². The van der Waals surface area contributed by atoms with Crippen LogP contribution in [0.3, 0.4) is 0 Å². The number of aliphatic hydroxyl groups excluding tert-OH is 1. The second kappa shape index (κ2) is 5.04. The van der Waals surface area contributed by atoms with Crippen LogP contribution in [0.25, 0.3) is 0 Å². The van der Waals surface area contributed by atoms with Crippen LogP contribution in [0, 0.1) is 0 Å². The van der Waals surface area contributed by atoms with E-state index >= 15 is 0 Å². The third-order valence-corrected chi connectivity index (χ3v) is 2.11. The fraction of sp³-hybridized carbons (Fsp3) is 0.600. The van der Waals surface area contributed by atoms with Crippen LogP contribution in [0.2, 0.25) is 0 Å². The van der Waals surface area contributed by atoms with E-state index < -0.39 is 0 Å². The first-order valence-electron chi connectivity index (χ1n) is 4.75. The second-order valence-corrected chi connectivity index (χ2v) is 3.31. The maximum Gasteiger partial charge on any atom is 0.0582 e. The van der Waals surface area contributed by atoms with Gasteiger partial charge in [0.05, 0.1) is 6.61 Å². The molecule has 3 nitrogen and oxygen atoms in total. The van der Waals surface area contributed by atoms with Crippen molar-refractivity contribution in [2.45, 2.75) is 33.0 Å². The van der Waals surface area contributed by atoms with Crippen LogP contribution in [0.4, 0.5) is 0 Å². The summed E-state index contributed by atoms with van der Waals surface area (Å²) in [6.45, 7) is 6.11. The first kappa shape index (κ1) is 10.3. The minimum Gasteiger partial charge on any atom is -0.395 e. The molecule has 0 spiro atoms. The minimum absolute atomic E-state index is 0.171. The molecule has 0 saturated heterocycles. The molecule has 1 rings (SSSR count). The molecule has 0 amide bonds. The van der Waals surface area contributed by atoms with Crippen molar-refractivity contribution in [3.63, 3.8) is 0 Å². The minimum atomic E-state index is 0.171. The molecule has 0 aliphatic rings. The number of hydrogen-bond acceptors (Lipinski definition) is 2. The Hall–Kier alpha value is -0.800. The van der Waals surface area contributed by atoms with E-state index in [4.69, 9.17) is 5.11 Å². The van der Waals surface area contributed by atoms with Crippen LogP contribution in [-0.4, -0.2) is 22.3 Å². The first-order valence-corrected chi connectivity index (χ1v) is 4.75. The predicted molar refractivity (Wildman–Crippen MR) is 53.5 cm³/mol. The summed E-state index contributed by atoms with van der Waals surface area (Å²) in [7, 11) is 0. The zero-order valence-electron chi connectivity index (χ0n) is 8.33. The largest absolute Gasteiger partial charge is 0.395 e. The van der Waals surface area contributed by atoms with E-state index in [1.807, 2.05) is 6.92 Å². The van der Waals surface area contributed by atoms with Gasteiger partial charge in [0.15, 0.2) is 0 Å². The van der Waals surface area contributed by atoms with Gasteiger partial charge >= 0.3 is 0 Å². The van der Waals surface area contributed by atoms with E-state index in [-0.39, 0.29) is 12.6 Å². The van der Waals surface area contributed by atoms with E-state index in [0.29, 0.717) is 0 Å². The fourth-order valence-corrected chi connectivity index (χ4v) is 1.15. The Morgan fingerprint density at radius 2 is 2.38 bits per heavy atom. The standard InChI is InChI=1S/C10H18N2O/c1-3-12-5-4-10(7-12)6-11-9(2)8-13/h4-5,7,9,11,13H,3,6,8H2,1-2H3/t9-/m1/s1. The lowest BCUT2D eigenvalue weighted by Crippen LogP contribution is -2.28. The van der Waals surface area contributed by atoms with Gasteiger partial charge in [-0.15, -0.1) is 0 Å². The Kier molecular flexibility index (Phi) is 3.99. The normalized spacial score (nSPS) is 13.2. The molecular weight excluding hydrogens is 164 g/mol. The second-order valence-electron chi connectivity index (χ2n) is 3.31. The fourth-order valence-electron chi connectivity index (χ4n) is 1.15. The zero-order chi connectivity index (χ0) is 9.68. The molecule has 0 bridgehead atoms. The lowest BCUT2D eigenvalue weighted by Gasteiger charge is -2.08. The van der Waals surface area contributed by atoms with Gasteiger partial charge in [0.25, 0.3) is 0 Å². The van der Waals surface area contributed by atoms with Gasteiger partial charge in [-0.3, -0.25) is 0 Å². The molecular formula is C10H18N2O. The number of nitrogens with zero attached hydrogens (tertiary/aromatic N) is 1. The predicted octanol–water partition coefficient (Wildman–Crippen LogP) is 0.978.